The Labute approximate surface area is 95.4 Å². The molecule has 1 atom stereocenters. The minimum Gasteiger partial charge on any atom is -0.366 e. The van der Waals surface area contributed by atoms with Gasteiger partial charge in [0.2, 0.25) is 0 Å². The van der Waals surface area contributed by atoms with Gasteiger partial charge in [-0.2, -0.15) is 0 Å². The molecule has 0 amide bonds. The van der Waals surface area contributed by atoms with E-state index in [9.17, 15) is 0 Å². The minimum atomic E-state index is 0.432. The van der Waals surface area contributed by atoms with Crippen LogP contribution in [0.5, 0.6) is 0 Å². The fraction of sp³-hybridized carbons (Fsp3) is 0.583. The first-order valence-electron chi connectivity index (χ1n) is 5.60. The zero-order valence-corrected chi connectivity index (χ0v) is 10.2. The largest absolute Gasteiger partial charge is 0.366 e. The Kier molecular flexibility index (Phi) is 3.41. The van der Waals surface area contributed by atoms with Crippen LogP contribution in [-0.2, 0) is 0 Å². The standard InChI is InChI=1S/C12H18N2S/c1-9(2)12(10-5-4-8-15-10)14-11-6-3-7-13-11/h4-5,8-9,12H,3,6-7H2,1-2H3,(H,13,14). The molecule has 1 N–H and O–H groups in total. The predicted molar refractivity (Wildman–Crippen MR) is 66.6 cm³/mol. The van der Waals surface area contributed by atoms with Crippen molar-refractivity contribution in [2.45, 2.75) is 32.7 Å². The summed E-state index contributed by atoms with van der Waals surface area (Å²) in [4.78, 5) is 5.89. The number of rotatable bonds is 3. The Hall–Kier alpha value is -0.830. The average Bonchev–Trinajstić information content (AvgIpc) is 2.87. The lowest BCUT2D eigenvalue weighted by Crippen LogP contribution is -2.29. The Balaban J connectivity index is 2.07. The van der Waals surface area contributed by atoms with Gasteiger partial charge in [0.25, 0.3) is 0 Å². The Morgan fingerprint density at radius 1 is 1.47 bits per heavy atom. The monoisotopic (exact) mass is 222 g/mol. The van der Waals surface area contributed by atoms with Crippen LogP contribution in [0, 0.1) is 5.92 Å². The molecular weight excluding hydrogens is 204 g/mol. The van der Waals surface area contributed by atoms with Gasteiger partial charge in [-0.3, -0.25) is 4.99 Å². The molecular formula is C12H18N2S. The topological polar surface area (TPSA) is 24.4 Å². The number of aliphatic imine (C=N–C) groups is 1. The maximum absolute atomic E-state index is 4.48. The SMILES string of the molecule is CC(C)C(NC1=NCCC1)c1cccs1. The summed E-state index contributed by atoms with van der Waals surface area (Å²) in [6.07, 6.45) is 2.33. The predicted octanol–water partition coefficient (Wildman–Crippen LogP) is 3.23. The maximum atomic E-state index is 4.48. The third-order valence-electron chi connectivity index (χ3n) is 2.71. The molecule has 0 saturated heterocycles. The maximum Gasteiger partial charge on any atom is 0.0968 e. The van der Waals surface area contributed by atoms with Crippen molar-refractivity contribution in [3.05, 3.63) is 22.4 Å². The number of amidine groups is 1. The van der Waals surface area contributed by atoms with Crippen LogP contribution in [-0.4, -0.2) is 12.4 Å². The van der Waals surface area contributed by atoms with Crippen molar-refractivity contribution in [1.82, 2.24) is 5.32 Å². The molecule has 1 aromatic heterocycles. The van der Waals surface area contributed by atoms with E-state index in [0.29, 0.717) is 12.0 Å². The summed E-state index contributed by atoms with van der Waals surface area (Å²) in [6, 6.07) is 4.76. The number of thiophene rings is 1. The lowest BCUT2D eigenvalue weighted by atomic mass is 10.0. The molecule has 82 valence electrons. The second kappa shape index (κ2) is 4.79. The highest BCUT2D eigenvalue weighted by molar-refractivity contribution is 7.10. The van der Waals surface area contributed by atoms with Crippen LogP contribution in [0.15, 0.2) is 22.5 Å². The number of hydrogen-bond acceptors (Lipinski definition) is 3. The van der Waals surface area contributed by atoms with Gasteiger partial charge in [0, 0.05) is 17.8 Å². The Morgan fingerprint density at radius 2 is 2.33 bits per heavy atom. The first-order chi connectivity index (χ1) is 7.27. The highest BCUT2D eigenvalue weighted by Gasteiger charge is 2.19. The van der Waals surface area contributed by atoms with Crippen molar-refractivity contribution in [2.24, 2.45) is 10.9 Å². The Morgan fingerprint density at radius 3 is 2.87 bits per heavy atom. The molecule has 0 aromatic carbocycles. The van der Waals surface area contributed by atoms with Crippen LogP contribution in [0.1, 0.15) is 37.6 Å². The molecule has 1 aliphatic heterocycles. The van der Waals surface area contributed by atoms with Crippen LogP contribution < -0.4 is 5.32 Å². The number of nitrogens with zero attached hydrogens (tertiary/aromatic N) is 1. The zero-order valence-electron chi connectivity index (χ0n) is 9.36. The van der Waals surface area contributed by atoms with Gasteiger partial charge in [0.15, 0.2) is 0 Å². The van der Waals surface area contributed by atoms with Crippen molar-refractivity contribution in [3.63, 3.8) is 0 Å². The molecule has 1 aliphatic rings. The molecule has 2 nitrogen and oxygen atoms in total. The number of hydrogen-bond donors (Lipinski definition) is 1. The highest BCUT2D eigenvalue weighted by atomic mass is 32.1. The summed E-state index contributed by atoms with van der Waals surface area (Å²) in [7, 11) is 0. The highest BCUT2D eigenvalue weighted by Crippen LogP contribution is 2.26. The smallest absolute Gasteiger partial charge is 0.0968 e. The normalized spacial score (nSPS) is 17.9. The van der Waals surface area contributed by atoms with E-state index in [-0.39, 0.29) is 0 Å². The van der Waals surface area contributed by atoms with Gasteiger partial charge < -0.3 is 5.32 Å². The van der Waals surface area contributed by atoms with E-state index >= 15 is 0 Å². The lowest BCUT2D eigenvalue weighted by Gasteiger charge is -2.22. The van der Waals surface area contributed by atoms with Crippen LogP contribution in [0.25, 0.3) is 0 Å². The zero-order chi connectivity index (χ0) is 10.7. The van der Waals surface area contributed by atoms with E-state index in [1.165, 1.54) is 17.1 Å². The van der Waals surface area contributed by atoms with E-state index in [1.807, 2.05) is 11.3 Å². The molecule has 0 fully saturated rings. The van der Waals surface area contributed by atoms with Crippen molar-refractivity contribution in [1.29, 1.82) is 0 Å². The van der Waals surface area contributed by atoms with E-state index in [1.54, 1.807) is 0 Å². The summed E-state index contributed by atoms with van der Waals surface area (Å²) in [5.41, 5.74) is 0. The van der Waals surface area contributed by atoms with Crippen molar-refractivity contribution in [2.75, 3.05) is 6.54 Å². The molecule has 1 unspecified atom stereocenters. The van der Waals surface area contributed by atoms with Crippen molar-refractivity contribution < 1.29 is 0 Å². The van der Waals surface area contributed by atoms with E-state index in [0.717, 1.165) is 13.0 Å². The van der Waals surface area contributed by atoms with Crippen molar-refractivity contribution >= 4 is 17.2 Å². The molecule has 0 saturated carbocycles. The third kappa shape index (κ3) is 2.59. The van der Waals surface area contributed by atoms with Gasteiger partial charge in [-0.15, -0.1) is 11.3 Å². The summed E-state index contributed by atoms with van der Waals surface area (Å²) in [5.74, 6) is 1.80. The van der Waals surface area contributed by atoms with Gasteiger partial charge in [-0.1, -0.05) is 19.9 Å². The van der Waals surface area contributed by atoms with Gasteiger partial charge in [-0.25, -0.2) is 0 Å². The molecule has 3 heteroatoms. The summed E-state index contributed by atoms with van der Waals surface area (Å²) >= 11 is 1.83. The van der Waals surface area contributed by atoms with Crippen LogP contribution in [0.4, 0.5) is 0 Å². The second-order valence-corrected chi connectivity index (χ2v) is 5.29. The third-order valence-corrected chi connectivity index (χ3v) is 3.67. The van der Waals surface area contributed by atoms with Crippen LogP contribution in [0.2, 0.25) is 0 Å². The van der Waals surface area contributed by atoms with Gasteiger partial charge in [0.1, 0.15) is 0 Å². The molecule has 2 heterocycles. The van der Waals surface area contributed by atoms with Gasteiger partial charge in [0.05, 0.1) is 11.9 Å². The van der Waals surface area contributed by atoms with Gasteiger partial charge >= 0.3 is 0 Å². The fourth-order valence-corrected chi connectivity index (χ4v) is 2.82. The molecule has 15 heavy (non-hydrogen) atoms. The molecule has 1 aromatic rings. The summed E-state index contributed by atoms with van der Waals surface area (Å²) in [5, 5.41) is 5.72. The van der Waals surface area contributed by atoms with Crippen molar-refractivity contribution in [3.8, 4) is 0 Å². The fourth-order valence-electron chi connectivity index (χ4n) is 1.87. The van der Waals surface area contributed by atoms with E-state index in [4.69, 9.17) is 0 Å². The van der Waals surface area contributed by atoms with E-state index in [2.05, 4.69) is 41.7 Å². The minimum absolute atomic E-state index is 0.432. The molecule has 2 rings (SSSR count). The molecule has 0 bridgehead atoms. The molecule has 0 radical (unpaired) electrons. The molecule has 0 spiro atoms. The first-order valence-corrected chi connectivity index (χ1v) is 6.48. The average molecular weight is 222 g/mol. The van der Waals surface area contributed by atoms with Crippen LogP contribution >= 0.6 is 11.3 Å². The molecule has 0 aliphatic carbocycles. The summed E-state index contributed by atoms with van der Waals surface area (Å²) < 4.78 is 0. The van der Waals surface area contributed by atoms with E-state index < -0.39 is 0 Å². The quantitative estimate of drug-likeness (QED) is 0.834. The summed E-state index contributed by atoms with van der Waals surface area (Å²) in [6.45, 7) is 5.51. The first kappa shape index (κ1) is 10.7. The number of nitrogens with one attached hydrogen (secondary N) is 1. The van der Waals surface area contributed by atoms with Gasteiger partial charge in [-0.05, 0) is 23.8 Å². The van der Waals surface area contributed by atoms with Crippen LogP contribution in [0.3, 0.4) is 0 Å². The Bertz CT molecular complexity index is 327. The lowest BCUT2D eigenvalue weighted by molar-refractivity contribution is 0.476. The second-order valence-electron chi connectivity index (χ2n) is 4.31.